The second kappa shape index (κ2) is 11.8. The highest BCUT2D eigenvalue weighted by Gasteiger charge is 2.06. The van der Waals surface area contributed by atoms with Crippen LogP contribution in [-0.4, -0.2) is 31.3 Å². The third kappa shape index (κ3) is 7.17. The topological polar surface area (TPSA) is 99.4 Å². The average molecular weight is 434 g/mol. The van der Waals surface area contributed by atoms with Crippen LogP contribution in [0.2, 0.25) is 0 Å². The van der Waals surface area contributed by atoms with E-state index in [0.29, 0.717) is 35.2 Å². The molecule has 8 heteroatoms. The van der Waals surface area contributed by atoms with E-state index in [4.69, 9.17) is 18.6 Å². The van der Waals surface area contributed by atoms with Gasteiger partial charge in [0.05, 0.1) is 19.1 Å². The van der Waals surface area contributed by atoms with Crippen molar-refractivity contribution in [3.63, 3.8) is 0 Å². The first-order chi connectivity index (χ1) is 15.6. The van der Waals surface area contributed by atoms with Crippen LogP contribution in [0.15, 0.2) is 82.5 Å². The summed E-state index contributed by atoms with van der Waals surface area (Å²) in [6.07, 6.45) is 5.78. The first kappa shape index (κ1) is 22.4. The highest BCUT2D eigenvalue weighted by Crippen LogP contribution is 2.26. The van der Waals surface area contributed by atoms with Crippen LogP contribution in [0.5, 0.6) is 17.2 Å². The van der Waals surface area contributed by atoms with Crippen molar-refractivity contribution in [1.29, 1.82) is 0 Å². The van der Waals surface area contributed by atoms with Crippen LogP contribution in [0, 0.1) is 0 Å². The Morgan fingerprint density at radius 2 is 1.75 bits per heavy atom. The summed E-state index contributed by atoms with van der Waals surface area (Å²) in [5, 5.41) is 3.90. The molecule has 1 amide bonds. The highest BCUT2D eigenvalue weighted by atomic mass is 16.5. The van der Waals surface area contributed by atoms with E-state index in [9.17, 15) is 9.59 Å². The molecule has 0 fully saturated rings. The molecule has 0 aliphatic carbocycles. The molecule has 0 bridgehead atoms. The van der Waals surface area contributed by atoms with E-state index in [-0.39, 0.29) is 6.61 Å². The standard InChI is InChI=1S/C24H22N2O6/c1-2-29-21-7-3-4-8-22(21)31-17-23(27)26-25-16-18-9-11-20(12-10-18)32-24(28)14-13-19-6-5-15-30-19/h3-16H,2,17H2,1H3,(H,26,27)/b14-13+,25-16+. The molecule has 0 saturated heterocycles. The molecule has 1 heterocycles. The van der Waals surface area contributed by atoms with Crippen LogP contribution in [0.25, 0.3) is 6.08 Å². The summed E-state index contributed by atoms with van der Waals surface area (Å²) in [6, 6.07) is 17.2. The van der Waals surface area contributed by atoms with Gasteiger partial charge in [0, 0.05) is 6.08 Å². The number of esters is 1. The number of carbonyl (C=O) groups excluding carboxylic acids is 2. The SMILES string of the molecule is CCOc1ccccc1OCC(=O)N/N=C/c1ccc(OC(=O)/C=C/c2ccco2)cc1. The number of hydrogen-bond acceptors (Lipinski definition) is 7. The van der Waals surface area contributed by atoms with Gasteiger partial charge in [-0.15, -0.1) is 0 Å². The maximum Gasteiger partial charge on any atom is 0.336 e. The molecule has 0 unspecified atom stereocenters. The molecule has 0 saturated carbocycles. The van der Waals surface area contributed by atoms with Gasteiger partial charge in [-0.3, -0.25) is 4.79 Å². The minimum atomic E-state index is -0.527. The van der Waals surface area contributed by atoms with Gasteiger partial charge in [0.1, 0.15) is 11.5 Å². The van der Waals surface area contributed by atoms with Gasteiger partial charge in [0.15, 0.2) is 18.1 Å². The van der Waals surface area contributed by atoms with Gasteiger partial charge in [-0.1, -0.05) is 12.1 Å². The quantitative estimate of drug-likeness (QED) is 0.171. The lowest BCUT2D eigenvalue weighted by molar-refractivity contribution is -0.129. The summed E-state index contributed by atoms with van der Waals surface area (Å²) < 4.78 is 21.2. The highest BCUT2D eigenvalue weighted by molar-refractivity contribution is 5.88. The number of hydrogen-bond donors (Lipinski definition) is 1. The zero-order chi connectivity index (χ0) is 22.6. The minimum absolute atomic E-state index is 0.207. The number of nitrogens with zero attached hydrogens (tertiary/aromatic N) is 1. The molecule has 8 nitrogen and oxygen atoms in total. The van der Waals surface area contributed by atoms with Crippen molar-refractivity contribution >= 4 is 24.2 Å². The lowest BCUT2D eigenvalue weighted by atomic mass is 10.2. The summed E-state index contributed by atoms with van der Waals surface area (Å²) in [5.41, 5.74) is 3.10. The van der Waals surface area contributed by atoms with Crippen LogP contribution >= 0.6 is 0 Å². The number of hydrazone groups is 1. The summed E-state index contributed by atoms with van der Waals surface area (Å²) in [4.78, 5) is 23.8. The lowest BCUT2D eigenvalue weighted by Crippen LogP contribution is -2.24. The van der Waals surface area contributed by atoms with E-state index in [2.05, 4.69) is 10.5 Å². The molecule has 0 spiro atoms. The van der Waals surface area contributed by atoms with Crippen molar-refractivity contribution in [2.75, 3.05) is 13.2 Å². The smallest absolute Gasteiger partial charge is 0.336 e. The fourth-order valence-electron chi connectivity index (χ4n) is 2.51. The number of carbonyl (C=O) groups is 2. The van der Waals surface area contributed by atoms with E-state index >= 15 is 0 Å². The second-order valence-electron chi connectivity index (χ2n) is 6.30. The summed E-state index contributed by atoms with van der Waals surface area (Å²) in [6.45, 7) is 2.16. The third-order valence-corrected chi connectivity index (χ3v) is 3.94. The summed E-state index contributed by atoms with van der Waals surface area (Å²) >= 11 is 0. The molecule has 2 aromatic carbocycles. The molecule has 3 rings (SSSR count). The van der Waals surface area contributed by atoms with Gasteiger partial charge in [-0.25, -0.2) is 10.2 Å². The maximum absolute atomic E-state index is 11.9. The van der Waals surface area contributed by atoms with E-state index < -0.39 is 11.9 Å². The van der Waals surface area contributed by atoms with Crippen molar-refractivity contribution in [2.45, 2.75) is 6.92 Å². The van der Waals surface area contributed by atoms with Crippen molar-refractivity contribution in [3.8, 4) is 17.2 Å². The van der Waals surface area contributed by atoms with Crippen molar-refractivity contribution in [1.82, 2.24) is 5.43 Å². The molecule has 0 aliphatic heterocycles. The monoisotopic (exact) mass is 434 g/mol. The Balaban J connectivity index is 1.43. The zero-order valence-electron chi connectivity index (χ0n) is 17.4. The van der Waals surface area contributed by atoms with Crippen molar-refractivity contribution in [3.05, 3.63) is 84.3 Å². The molecule has 0 atom stereocenters. The predicted molar refractivity (Wildman–Crippen MR) is 119 cm³/mol. The van der Waals surface area contributed by atoms with Crippen molar-refractivity contribution in [2.24, 2.45) is 5.10 Å². The number of amides is 1. The predicted octanol–water partition coefficient (Wildman–Crippen LogP) is 3.83. The molecule has 0 radical (unpaired) electrons. The number of nitrogens with one attached hydrogen (secondary N) is 1. The first-order valence-electron chi connectivity index (χ1n) is 9.84. The van der Waals surface area contributed by atoms with Gasteiger partial charge in [-0.2, -0.15) is 5.10 Å². The van der Waals surface area contributed by atoms with E-state index in [0.717, 1.165) is 0 Å². The largest absolute Gasteiger partial charge is 0.490 e. The van der Waals surface area contributed by atoms with Gasteiger partial charge in [-0.05, 0) is 67.1 Å². The van der Waals surface area contributed by atoms with Crippen LogP contribution < -0.4 is 19.6 Å². The number of benzene rings is 2. The first-order valence-corrected chi connectivity index (χ1v) is 9.84. The number of furan rings is 1. The Kier molecular flexibility index (Phi) is 8.21. The van der Waals surface area contributed by atoms with E-state index in [1.807, 2.05) is 13.0 Å². The summed E-state index contributed by atoms with van der Waals surface area (Å²) in [5.74, 6) is 1.05. The second-order valence-corrected chi connectivity index (χ2v) is 6.30. The fraction of sp³-hybridized carbons (Fsp3) is 0.125. The van der Waals surface area contributed by atoms with E-state index in [1.165, 1.54) is 24.6 Å². The molecule has 0 aliphatic rings. The number of para-hydroxylation sites is 2. The van der Waals surface area contributed by atoms with Gasteiger partial charge in [0.2, 0.25) is 0 Å². The van der Waals surface area contributed by atoms with Crippen LogP contribution in [-0.2, 0) is 9.59 Å². The molecule has 32 heavy (non-hydrogen) atoms. The Labute approximate surface area is 185 Å². The lowest BCUT2D eigenvalue weighted by Gasteiger charge is -2.10. The molecular formula is C24H22N2O6. The molecule has 164 valence electrons. The molecule has 3 aromatic rings. The van der Waals surface area contributed by atoms with Crippen LogP contribution in [0.3, 0.4) is 0 Å². The summed E-state index contributed by atoms with van der Waals surface area (Å²) in [7, 11) is 0. The van der Waals surface area contributed by atoms with Gasteiger partial charge < -0.3 is 18.6 Å². The number of ether oxygens (including phenoxy) is 3. The Morgan fingerprint density at radius 1 is 1.00 bits per heavy atom. The average Bonchev–Trinajstić information content (AvgIpc) is 3.32. The number of rotatable bonds is 10. The van der Waals surface area contributed by atoms with Crippen molar-refractivity contribution < 1.29 is 28.2 Å². The maximum atomic E-state index is 11.9. The normalized spacial score (nSPS) is 10.9. The van der Waals surface area contributed by atoms with Crippen LogP contribution in [0.4, 0.5) is 0 Å². The van der Waals surface area contributed by atoms with Gasteiger partial charge in [0.25, 0.3) is 5.91 Å². The molecular weight excluding hydrogens is 412 g/mol. The molecule has 1 N–H and O–H groups in total. The third-order valence-electron chi connectivity index (χ3n) is 3.94. The van der Waals surface area contributed by atoms with E-state index in [1.54, 1.807) is 54.6 Å². The van der Waals surface area contributed by atoms with Gasteiger partial charge >= 0.3 is 5.97 Å². The Hall–Kier alpha value is -4.33. The zero-order valence-corrected chi connectivity index (χ0v) is 17.4. The van der Waals surface area contributed by atoms with Crippen LogP contribution in [0.1, 0.15) is 18.2 Å². The Bertz CT molecular complexity index is 1070. The Morgan fingerprint density at radius 3 is 2.44 bits per heavy atom. The minimum Gasteiger partial charge on any atom is -0.490 e. The molecule has 1 aromatic heterocycles. The fourth-order valence-corrected chi connectivity index (χ4v) is 2.51.